The second-order valence-electron chi connectivity index (χ2n) is 3.42. The minimum absolute atomic E-state index is 0.142. The molecule has 0 aromatic heterocycles. The van der Waals surface area contributed by atoms with Gasteiger partial charge in [-0.25, -0.2) is 8.42 Å². The second-order valence-corrected chi connectivity index (χ2v) is 10.2. The molecule has 0 heterocycles. The molecular weight excluding hydrogens is 398 g/mol. The third-order valence-electron chi connectivity index (χ3n) is 2.28. The van der Waals surface area contributed by atoms with Gasteiger partial charge < -0.3 is 5.11 Å². The summed E-state index contributed by atoms with van der Waals surface area (Å²) in [5.41, 5.74) is 0.374. The summed E-state index contributed by atoms with van der Waals surface area (Å²) in [6.45, 7) is 1.48. The molecule has 0 aliphatic rings. The first-order valence-corrected chi connectivity index (χ1v) is 8.24. The molecule has 0 spiro atoms. The van der Waals surface area contributed by atoms with Crippen LogP contribution < -0.4 is 0 Å². The zero-order chi connectivity index (χ0) is 13.3. The fourth-order valence-electron chi connectivity index (χ4n) is 1.23. The lowest BCUT2D eigenvalue weighted by molar-refractivity contribution is 0.187. The lowest BCUT2D eigenvalue weighted by Crippen LogP contribution is -2.34. The Bertz CT molecular complexity index is 502. The van der Waals surface area contributed by atoms with E-state index in [1.165, 1.54) is 13.0 Å². The Morgan fingerprint density at radius 1 is 1.53 bits per heavy atom. The standard InChI is InChI=1S/C10H11Cl2IO3S/c1-2-17(15,16)10(12,13)9(14)7-4-3-5-8(11)6-7/h3-6,9,14H,2H2,1H3/t9-,10-/m1/s1. The van der Waals surface area contributed by atoms with Crippen LogP contribution in [0, 0.1) is 0 Å². The molecular formula is C10H11Cl2IO3S. The van der Waals surface area contributed by atoms with Crippen molar-refractivity contribution in [1.82, 2.24) is 0 Å². The highest BCUT2D eigenvalue weighted by molar-refractivity contribution is 14.1. The van der Waals surface area contributed by atoms with Crippen LogP contribution in [0.5, 0.6) is 0 Å². The summed E-state index contributed by atoms with van der Waals surface area (Å²) in [4.78, 5) is 0. The zero-order valence-electron chi connectivity index (χ0n) is 8.90. The van der Waals surface area contributed by atoms with Gasteiger partial charge in [-0.1, -0.05) is 42.3 Å². The molecule has 2 atom stereocenters. The summed E-state index contributed by atoms with van der Waals surface area (Å²) in [5, 5.41) is 10.5. The lowest BCUT2D eigenvalue weighted by Gasteiger charge is -2.26. The Kier molecular flexibility index (Phi) is 5.11. The van der Waals surface area contributed by atoms with E-state index in [9.17, 15) is 13.5 Å². The highest BCUT2D eigenvalue weighted by atomic mass is 127. The Hall–Kier alpha value is 0.440. The molecule has 1 aromatic carbocycles. The van der Waals surface area contributed by atoms with Gasteiger partial charge in [0.2, 0.25) is 2.21 Å². The quantitative estimate of drug-likeness (QED) is 0.615. The van der Waals surface area contributed by atoms with Gasteiger partial charge in [0.1, 0.15) is 6.10 Å². The van der Waals surface area contributed by atoms with E-state index in [4.69, 9.17) is 23.2 Å². The van der Waals surface area contributed by atoms with E-state index in [1.807, 2.05) is 0 Å². The number of aliphatic hydroxyl groups is 1. The van der Waals surface area contributed by atoms with E-state index in [0.29, 0.717) is 10.6 Å². The molecule has 17 heavy (non-hydrogen) atoms. The van der Waals surface area contributed by atoms with Crippen LogP contribution in [-0.4, -0.2) is 21.5 Å². The van der Waals surface area contributed by atoms with Crippen LogP contribution in [-0.2, 0) is 9.84 Å². The van der Waals surface area contributed by atoms with Crippen molar-refractivity contribution in [1.29, 1.82) is 0 Å². The largest absolute Gasteiger partial charge is 0.385 e. The Labute approximate surface area is 124 Å². The SMILES string of the molecule is CCS(=O)(=O)[C@](Cl)(I)[C@H](O)c1cccc(Cl)c1. The van der Waals surface area contributed by atoms with Gasteiger partial charge in [-0.15, -0.1) is 0 Å². The van der Waals surface area contributed by atoms with Crippen LogP contribution in [0.2, 0.25) is 5.02 Å². The number of rotatable bonds is 4. The summed E-state index contributed by atoms with van der Waals surface area (Å²) in [5.74, 6) is -0.142. The third-order valence-corrected chi connectivity index (χ3v) is 7.84. The van der Waals surface area contributed by atoms with Gasteiger partial charge in [-0.05, 0) is 40.3 Å². The minimum atomic E-state index is -3.60. The second kappa shape index (κ2) is 5.61. The van der Waals surface area contributed by atoms with E-state index in [2.05, 4.69) is 0 Å². The molecule has 0 aliphatic carbocycles. The summed E-state index contributed by atoms with van der Waals surface area (Å²) >= 11 is 13.3. The molecule has 0 aliphatic heterocycles. The van der Waals surface area contributed by atoms with Crippen LogP contribution in [0.3, 0.4) is 0 Å². The molecule has 7 heteroatoms. The highest BCUT2D eigenvalue weighted by Gasteiger charge is 2.45. The maximum atomic E-state index is 11.8. The monoisotopic (exact) mass is 408 g/mol. The van der Waals surface area contributed by atoms with Crippen molar-refractivity contribution in [2.24, 2.45) is 0 Å². The molecule has 0 unspecified atom stereocenters. The van der Waals surface area contributed by atoms with Gasteiger partial charge in [0.15, 0.2) is 9.84 Å². The Morgan fingerprint density at radius 3 is 2.59 bits per heavy atom. The van der Waals surface area contributed by atoms with Gasteiger partial charge in [-0.2, -0.15) is 0 Å². The molecule has 0 saturated heterocycles. The van der Waals surface area contributed by atoms with Crippen LogP contribution in [0.4, 0.5) is 0 Å². The van der Waals surface area contributed by atoms with E-state index >= 15 is 0 Å². The smallest absolute Gasteiger partial charge is 0.225 e. The first-order valence-electron chi connectivity index (χ1n) is 4.76. The van der Waals surface area contributed by atoms with E-state index in [0.717, 1.165) is 0 Å². The number of benzene rings is 1. The van der Waals surface area contributed by atoms with Crippen molar-refractivity contribution in [3.8, 4) is 0 Å². The molecule has 3 nitrogen and oxygen atoms in total. The molecule has 0 amide bonds. The molecule has 0 saturated carbocycles. The van der Waals surface area contributed by atoms with E-state index < -0.39 is 18.2 Å². The van der Waals surface area contributed by atoms with Crippen LogP contribution in [0.1, 0.15) is 18.6 Å². The van der Waals surface area contributed by atoms with Crippen molar-refractivity contribution in [3.05, 3.63) is 34.9 Å². The average Bonchev–Trinajstić information content (AvgIpc) is 2.27. The summed E-state index contributed by atoms with van der Waals surface area (Å²) < 4.78 is 21.8. The first-order chi connectivity index (χ1) is 7.72. The van der Waals surface area contributed by atoms with E-state index in [-0.39, 0.29) is 5.75 Å². The fourth-order valence-corrected chi connectivity index (χ4v) is 4.04. The average molecular weight is 409 g/mol. The van der Waals surface area contributed by atoms with Crippen LogP contribution in [0.25, 0.3) is 0 Å². The highest BCUT2D eigenvalue weighted by Crippen LogP contribution is 2.43. The Balaban J connectivity index is 3.17. The zero-order valence-corrected chi connectivity index (χ0v) is 13.4. The number of hydrogen-bond acceptors (Lipinski definition) is 3. The molecule has 1 rings (SSSR count). The van der Waals surface area contributed by atoms with Crippen molar-refractivity contribution >= 4 is 55.6 Å². The van der Waals surface area contributed by atoms with Gasteiger partial charge in [0.05, 0.1) is 5.75 Å². The van der Waals surface area contributed by atoms with Gasteiger partial charge in [0, 0.05) is 5.02 Å². The number of alkyl halides is 2. The topological polar surface area (TPSA) is 54.4 Å². The molecule has 0 bridgehead atoms. The fraction of sp³-hybridized carbons (Fsp3) is 0.400. The maximum Gasteiger partial charge on any atom is 0.225 e. The van der Waals surface area contributed by atoms with Crippen molar-refractivity contribution in [3.63, 3.8) is 0 Å². The number of sulfone groups is 1. The number of aliphatic hydroxyl groups excluding tert-OH is 1. The van der Waals surface area contributed by atoms with Crippen molar-refractivity contribution < 1.29 is 13.5 Å². The van der Waals surface area contributed by atoms with Crippen LogP contribution in [0.15, 0.2) is 24.3 Å². The van der Waals surface area contributed by atoms with Crippen LogP contribution >= 0.6 is 45.8 Å². The summed E-state index contributed by atoms with van der Waals surface area (Å²) in [6, 6.07) is 6.34. The number of hydrogen-bond donors (Lipinski definition) is 1. The third kappa shape index (κ3) is 3.26. The molecule has 1 aromatic rings. The molecule has 0 fully saturated rings. The number of halogens is 3. The van der Waals surface area contributed by atoms with Gasteiger partial charge in [-0.3, -0.25) is 0 Å². The Morgan fingerprint density at radius 2 is 2.12 bits per heavy atom. The summed E-state index contributed by atoms with van der Waals surface area (Å²) in [7, 11) is -3.60. The molecule has 1 N–H and O–H groups in total. The predicted octanol–water partition coefficient (Wildman–Crippen LogP) is 3.14. The normalized spacial score (nSPS) is 17.5. The predicted molar refractivity (Wildman–Crippen MR) is 78.5 cm³/mol. The summed E-state index contributed by atoms with van der Waals surface area (Å²) in [6.07, 6.45) is -1.34. The lowest BCUT2D eigenvalue weighted by atomic mass is 10.1. The van der Waals surface area contributed by atoms with Crippen molar-refractivity contribution in [2.45, 2.75) is 15.2 Å². The molecule has 96 valence electrons. The van der Waals surface area contributed by atoms with E-state index in [1.54, 1.807) is 40.8 Å². The van der Waals surface area contributed by atoms with Crippen molar-refractivity contribution in [2.75, 3.05) is 5.75 Å². The maximum absolute atomic E-state index is 11.8. The van der Waals surface area contributed by atoms with Gasteiger partial charge >= 0.3 is 0 Å². The minimum Gasteiger partial charge on any atom is -0.385 e. The molecule has 0 radical (unpaired) electrons. The van der Waals surface area contributed by atoms with Gasteiger partial charge in [0.25, 0.3) is 0 Å². The first kappa shape index (κ1) is 15.5.